The first-order valence-electron chi connectivity index (χ1n) is 21.7. The van der Waals surface area contributed by atoms with E-state index in [2.05, 4.69) is 47.1 Å². The number of aliphatic imine (C=N–C) groups is 1. The predicted molar refractivity (Wildman–Crippen MR) is 245 cm³/mol. The molecule has 1 saturated heterocycles. The fourth-order valence-electron chi connectivity index (χ4n) is 9.35. The molecule has 1 radical (unpaired) electrons. The smallest absolute Gasteiger partial charge is 0.326 e. The minimum Gasteiger partial charge on any atom is -0.484 e. The number of allylic oxidation sites excluding steroid dienone is 11. The number of rotatable bonds is 13. The second-order valence-electron chi connectivity index (χ2n) is 16.8. The highest BCUT2D eigenvalue weighted by atomic mass is 35.5. The molecule has 5 N–H and O–H groups in total. The van der Waals surface area contributed by atoms with Gasteiger partial charge in [0.1, 0.15) is 17.6 Å². The Labute approximate surface area is 370 Å². The molecule has 2 aliphatic heterocycles. The van der Waals surface area contributed by atoms with Crippen molar-refractivity contribution in [1.29, 1.82) is 10.8 Å². The zero-order chi connectivity index (χ0) is 43.8. The Hall–Kier alpha value is -5.53. The number of ether oxygens (including phenoxy) is 1. The van der Waals surface area contributed by atoms with Gasteiger partial charge in [0.25, 0.3) is 5.91 Å². The fourth-order valence-corrected chi connectivity index (χ4v) is 9.48. The summed E-state index contributed by atoms with van der Waals surface area (Å²) in [6, 6.07) is 5.96. The summed E-state index contributed by atoms with van der Waals surface area (Å²) in [5, 5.41) is 33.6. The molecule has 323 valence electrons. The summed E-state index contributed by atoms with van der Waals surface area (Å²) in [5.74, 6) is 1.61. The summed E-state index contributed by atoms with van der Waals surface area (Å²) in [6.07, 6.45) is 27.0. The van der Waals surface area contributed by atoms with Crippen LogP contribution in [0.5, 0.6) is 0 Å². The number of halogens is 1. The van der Waals surface area contributed by atoms with Gasteiger partial charge < -0.3 is 30.2 Å². The molecule has 3 amide bonds. The van der Waals surface area contributed by atoms with Gasteiger partial charge in [0, 0.05) is 47.9 Å². The summed E-state index contributed by atoms with van der Waals surface area (Å²) < 4.78 is 6.08. The maximum atomic E-state index is 13.6. The van der Waals surface area contributed by atoms with Crippen molar-refractivity contribution in [1.82, 2.24) is 20.4 Å². The van der Waals surface area contributed by atoms with E-state index < -0.39 is 12.1 Å². The second-order valence-corrected chi connectivity index (χ2v) is 17.2. The van der Waals surface area contributed by atoms with Crippen molar-refractivity contribution in [2.45, 2.75) is 70.9 Å². The molecule has 4 aliphatic carbocycles. The average Bonchev–Trinajstić information content (AvgIpc) is 3.41. The molecule has 1 fully saturated rings. The number of nitrogens with zero attached hydrogens (tertiary/aromatic N) is 3. The van der Waals surface area contributed by atoms with Crippen molar-refractivity contribution in [3.63, 3.8) is 0 Å². The molecule has 2 heterocycles. The molecule has 0 spiro atoms. The first-order valence-corrected chi connectivity index (χ1v) is 22.1. The van der Waals surface area contributed by atoms with Crippen LogP contribution < -0.4 is 10.6 Å². The Morgan fingerprint density at radius 2 is 1.76 bits per heavy atom. The van der Waals surface area contributed by atoms with Gasteiger partial charge in [-0.3, -0.25) is 30.2 Å². The third-order valence-corrected chi connectivity index (χ3v) is 12.8. The van der Waals surface area contributed by atoms with Gasteiger partial charge in [-0.15, -0.1) is 0 Å². The van der Waals surface area contributed by atoms with Crippen LogP contribution in [0.1, 0.15) is 64.4 Å². The van der Waals surface area contributed by atoms with Gasteiger partial charge in [-0.25, -0.2) is 0 Å². The molecule has 7 rings (SSSR count). The normalized spacial score (nSPS) is 24.9. The Kier molecular flexibility index (Phi) is 14.8. The van der Waals surface area contributed by atoms with Crippen molar-refractivity contribution in [3.05, 3.63) is 130 Å². The van der Waals surface area contributed by atoms with E-state index in [-0.39, 0.29) is 54.3 Å². The number of nitrogens with one attached hydrogen (secondary N) is 4. The van der Waals surface area contributed by atoms with Crippen LogP contribution in [0, 0.1) is 34.5 Å². The number of amidine groups is 2. The van der Waals surface area contributed by atoms with Crippen LogP contribution in [0.25, 0.3) is 0 Å². The van der Waals surface area contributed by atoms with Gasteiger partial charge in [0.15, 0.2) is 6.61 Å². The SMILES string of the molecule is CCNC(=O)CC1N=C(c2ccc(Cl)cc2)C2=CC(OCC(=O)NCC3=CC=CC(C4CCN(C(=O)C5=CC=CC(C6C=C([B]O)C=CC6)C5)CC4)C3)=CCC2N(C(C)=N)C1=N. The number of carbonyl (C=O) groups is 3. The molecule has 0 aromatic heterocycles. The third kappa shape index (κ3) is 10.7. The van der Waals surface area contributed by atoms with Crippen molar-refractivity contribution in [2.24, 2.45) is 28.7 Å². The summed E-state index contributed by atoms with van der Waals surface area (Å²) >= 11 is 6.24. The first kappa shape index (κ1) is 44.5. The highest BCUT2D eigenvalue weighted by Gasteiger charge is 2.38. The number of carbonyl (C=O) groups excluding carboxylic acids is 3. The number of hydrogen-bond donors (Lipinski definition) is 5. The van der Waals surface area contributed by atoms with Crippen molar-refractivity contribution >= 4 is 54.2 Å². The Morgan fingerprint density at radius 1 is 1.00 bits per heavy atom. The van der Waals surface area contributed by atoms with Crippen molar-refractivity contribution in [3.8, 4) is 0 Å². The largest absolute Gasteiger partial charge is 0.484 e. The van der Waals surface area contributed by atoms with E-state index >= 15 is 0 Å². The Morgan fingerprint density at radius 3 is 2.50 bits per heavy atom. The van der Waals surface area contributed by atoms with Gasteiger partial charge in [0.2, 0.25) is 11.8 Å². The summed E-state index contributed by atoms with van der Waals surface area (Å²) in [7, 11) is 1.14. The molecule has 6 aliphatic rings. The number of hydrogen-bond acceptors (Lipinski definition) is 8. The quantitative estimate of drug-likeness (QED) is 0.0881. The number of piperidine rings is 1. The number of likely N-dealkylation sites (tertiary alicyclic amines) is 1. The molecule has 0 bridgehead atoms. The standard InChI is InChI=1S/C48H56BClN7O5/c1-3-53-44(58)27-42-47(52)57(30(2)51)43-18-17-40(26-41(43)46(55-42)33-13-15-39(50)16-14-33)62-29-45(59)54-28-31-7-4-8-34(23-31)32-19-21-56(22-20-32)48(60)37-11-5-9-35(24-37)36-10-6-12-38(25-36)49-61/h4-9,11-17,25-26,32,34-36,42-43,51-52,61H,3,10,18-24,27-29H2,1-2H3,(H,53,58)(H,54,59). The minimum absolute atomic E-state index is 0.0415. The molecule has 62 heavy (non-hydrogen) atoms. The highest BCUT2D eigenvalue weighted by Crippen LogP contribution is 2.36. The van der Waals surface area contributed by atoms with Gasteiger partial charge in [-0.1, -0.05) is 89.5 Å². The lowest BCUT2D eigenvalue weighted by Crippen LogP contribution is -2.48. The van der Waals surface area contributed by atoms with E-state index in [1.54, 1.807) is 24.0 Å². The maximum Gasteiger partial charge on any atom is 0.326 e. The third-order valence-electron chi connectivity index (χ3n) is 12.6. The number of fused-ring (bicyclic) bond motifs is 1. The van der Waals surface area contributed by atoms with Gasteiger partial charge >= 0.3 is 7.48 Å². The lowest BCUT2D eigenvalue weighted by molar-refractivity contribution is -0.129. The molecule has 5 atom stereocenters. The fraction of sp³-hybridized carbons (Fsp3) is 0.417. The molecule has 5 unspecified atom stereocenters. The van der Waals surface area contributed by atoms with Crippen LogP contribution in [0.2, 0.25) is 5.02 Å². The average molecular weight is 857 g/mol. The topological polar surface area (TPSA) is 171 Å². The van der Waals surface area contributed by atoms with Crippen LogP contribution in [0.15, 0.2) is 124 Å². The van der Waals surface area contributed by atoms with Crippen molar-refractivity contribution < 1.29 is 24.1 Å². The van der Waals surface area contributed by atoms with Crippen LogP contribution >= 0.6 is 11.6 Å². The van der Waals surface area contributed by atoms with Crippen LogP contribution in [0.3, 0.4) is 0 Å². The van der Waals surface area contributed by atoms with E-state index in [1.165, 1.54) is 0 Å². The first-order chi connectivity index (χ1) is 30.0. The summed E-state index contributed by atoms with van der Waals surface area (Å²) in [6.45, 7) is 5.57. The minimum atomic E-state index is -0.824. The van der Waals surface area contributed by atoms with Crippen LogP contribution in [-0.2, 0) is 19.1 Å². The van der Waals surface area contributed by atoms with Gasteiger partial charge in [0.05, 0.1) is 24.0 Å². The van der Waals surface area contributed by atoms with E-state index in [1.807, 2.05) is 54.3 Å². The number of benzene rings is 1. The van der Waals surface area contributed by atoms with Gasteiger partial charge in [-0.2, -0.15) is 0 Å². The Bertz CT molecular complexity index is 2210. The molecular weight excluding hydrogens is 801 g/mol. The van der Waals surface area contributed by atoms with Gasteiger partial charge in [-0.05, 0) is 100 Å². The van der Waals surface area contributed by atoms with E-state index in [9.17, 15) is 19.4 Å². The zero-order valence-electron chi connectivity index (χ0n) is 35.5. The lowest BCUT2D eigenvalue weighted by Gasteiger charge is -2.37. The van der Waals surface area contributed by atoms with Crippen molar-refractivity contribution in [2.75, 3.05) is 32.8 Å². The molecule has 0 saturated carbocycles. The van der Waals surface area contributed by atoms with Crippen LogP contribution in [-0.4, -0.2) is 102 Å². The monoisotopic (exact) mass is 856 g/mol. The van der Waals surface area contributed by atoms with E-state index in [0.29, 0.717) is 54.3 Å². The van der Waals surface area contributed by atoms with Crippen LogP contribution in [0.4, 0.5) is 0 Å². The maximum absolute atomic E-state index is 13.6. The molecular formula is C48H56BClN7O5. The van der Waals surface area contributed by atoms with E-state index in [0.717, 1.165) is 74.0 Å². The summed E-state index contributed by atoms with van der Waals surface area (Å²) in [5.41, 5.74) is 4.85. The molecule has 14 heteroatoms. The highest BCUT2D eigenvalue weighted by molar-refractivity contribution is 6.37. The second kappa shape index (κ2) is 20.6. The van der Waals surface area contributed by atoms with E-state index in [4.69, 9.17) is 32.1 Å². The molecule has 12 nitrogen and oxygen atoms in total. The zero-order valence-corrected chi connectivity index (χ0v) is 36.2. The Balaban J connectivity index is 0.915. The predicted octanol–water partition coefficient (Wildman–Crippen LogP) is 6.34. The lowest BCUT2D eigenvalue weighted by atomic mass is 9.74. The summed E-state index contributed by atoms with van der Waals surface area (Å²) in [4.78, 5) is 48.2. The number of amides is 3. The molecule has 1 aromatic rings. The molecule has 1 aromatic carbocycles.